The molecular formula is C25H15Cl2FN2O4. The first-order valence-corrected chi connectivity index (χ1v) is 11.3. The van der Waals surface area contributed by atoms with Gasteiger partial charge in [-0.05, 0) is 60.7 Å². The van der Waals surface area contributed by atoms with E-state index in [4.69, 9.17) is 27.7 Å². The first-order valence-electron chi connectivity index (χ1n) is 10.5. The third-order valence-electron chi connectivity index (χ3n) is 6.55. The van der Waals surface area contributed by atoms with Gasteiger partial charge in [-0.25, -0.2) is 9.18 Å². The van der Waals surface area contributed by atoms with E-state index in [-0.39, 0.29) is 27.7 Å². The Morgan fingerprint density at radius 2 is 2.03 bits per heavy atom. The summed E-state index contributed by atoms with van der Waals surface area (Å²) in [6.45, 7) is 1.35. The summed E-state index contributed by atoms with van der Waals surface area (Å²) in [6, 6.07) is 9.99. The minimum absolute atomic E-state index is 0.00359. The maximum Gasteiger partial charge on any atom is 0.328 e. The first-order chi connectivity index (χ1) is 16.2. The summed E-state index contributed by atoms with van der Waals surface area (Å²) in [5.41, 5.74) is 1.05. The minimum atomic E-state index is -2.16. The first kappa shape index (κ1) is 21.1. The molecule has 9 heteroatoms. The number of hydrogen-bond donors (Lipinski definition) is 1. The monoisotopic (exact) mass is 496 g/mol. The Morgan fingerprint density at radius 1 is 1.24 bits per heavy atom. The van der Waals surface area contributed by atoms with Crippen LogP contribution in [0.15, 0.2) is 47.0 Å². The highest BCUT2D eigenvalue weighted by atomic mass is 35.5. The van der Waals surface area contributed by atoms with Crippen LogP contribution < -0.4 is 0 Å². The predicted molar refractivity (Wildman–Crippen MR) is 125 cm³/mol. The topological polar surface area (TPSA) is 85.3 Å². The summed E-state index contributed by atoms with van der Waals surface area (Å²) in [6.07, 6.45) is 1.97. The van der Waals surface area contributed by atoms with Gasteiger partial charge in [0, 0.05) is 22.0 Å². The zero-order valence-corrected chi connectivity index (χ0v) is 19.2. The molecule has 0 fully saturated rings. The van der Waals surface area contributed by atoms with Gasteiger partial charge in [0.05, 0.1) is 16.2 Å². The fourth-order valence-corrected chi connectivity index (χ4v) is 5.72. The number of carbonyl (C=O) groups excluding carboxylic acids is 1. The molecule has 170 valence electrons. The van der Waals surface area contributed by atoms with Gasteiger partial charge in [0.15, 0.2) is 5.76 Å². The van der Waals surface area contributed by atoms with Crippen LogP contribution in [0.5, 0.6) is 0 Å². The zero-order valence-electron chi connectivity index (χ0n) is 17.7. The molecule has 0 saturated heterocycles. The van der Waals surface area contributed by atoms with Gasteiger partial charge in [0.2, 0.25) is 5.67 Å². The number of halogens is 3. The molecule has 2 aromatic carbocycles. The van der Waals surface area contributed by atoms with Crippen LogP contribution in [-0.2, 0) is 16.9 Å². The zero-order chi connectivity index (χ0) is 23.9. The Labute approximate surface area is 202 Å². The number of carboxylic acids is 1. The Kier molecular flexibility index (Phi) is 4.38. The standard InChI is InChI=1S/C25H15Cl2FN2O4/c1-25(28)22-15-7-5-11(9-18(31)32)13-3-2-4-17(19(13)15)30(22)24(33)20-21(29-34-23(20)25)14-8-6-12(26)10-16(14)27/h2-4,6,8-10H,5,7H2,1H3,(H,31,32)/b11-9+. The summed E-state index contributed by atoms with van der Waals surface area (Å²) in [5, 5.41) is 14.7. The van der Waals surface area contributed by atoms with E-state index in [2.05, 4.69) is 5.16 Å². The number of nitrogens with zero attached hydrogens (tertiary/aromatic N) is 2. The highest BCUT2D eigenvalue weighted by Gasteiger charge is 2.50. The van der Waals surface area contributed by atoms with E-state index in [1.165, 1.54) is 23.6 Å². The molecule has 2 aliphatic rings. The van der Waals surface area contributed by atoms with E-state index < -0.39 is 17.5 Å². The summed E-state index contributed by atoms with van der Waals surface area (Å²) < 4.78 is 23.4. The largest absolute Gasteiger partial charge is 0.478 e. The normalized spacial score (nSPS) is 20.0. The molecule has 2 aromatic heterocycles. The molecule has 1 atom stereocenters. The van der Waals surface area contributed by atoms with Crippen LogP contribution in [0, 0.1) is 0 Å². The van der Waals surface area contributed by atoms with E-state index in [1.807, 2.05) is 0 Å². The van der Waals surface area contributed by atoms with Crippen molar-refractivity contribution >= 4 is 51.6 Å². The number of carbonyl (C=O) groups is 2. The molecule has 4 aromatic rings. The van der Waals surface area contributed by atoms with Crippen LogP contribution in [0.4, 0.5) is 4.39 Å². The lowest BCUT2D eigenvalue weighted by Crippen LogP contribution is -2.33. The maximum absolute atomic E-state index is 16.6. The molecule has 3 heterocycles. The minimum Gasteiger partial charge on any atom is -0.478 e. The van der Waals surface area contributed by atoms with E-state index >= 15 is 4.39 Å². The second kappa shape index (κ2) is 7.04. The van der Waals surface area contributed by atoms with Crippen LogP contribution in [0.2, 0.25) is 10.0 Å². The fraction of sp³-hybridized carbons (Fsp3) is 0.160. The molecule has 1 unspecified atom stereocenters. The molecular weight excluding hydrogens is 482 g/mol. The van der Waals surface area contributed by atoms with Gasteiger partial charge >= 0.3 is 5.97 Å². The molecule has 0 bridgehead atoms. The van der Waals surface area contributed by atoms with Gasteiger partial charge in [-0.3, -0.25) is 9.36 Å². The van der Waals surface area contributed by atoms with Gasteiger partial charge < -0.3 is 9.63 Å². The number of aliphatic carboxylic acids is 1. The van der Waals surface area contributed by atoms with Crippen molar-refractivity contribution in [3.63, 3.8) is 0 Å². The number of hydrogen-bond acceptors (Lipinski definition) is 4. The van der Waals surface area contributed by atoms with Crippen molar-refractivity contribution in [2.45, 2.75) is 25.4 Å². The number of carboxylic acid groups (broad SMARTS) is 1. The van der Waals surface area contributed by atoms with E-state index in [0.717, 1.165) is 0 Å². The van der Waals surface area contributed by atoms with Crippen LogP contribution in [-0.4, -0.2) is 26.7 Å². The molecule has 0 radical (unpaired) electrons. The summed E-state index contributed by atoms with van der Waals surface area (Å²) in [5.74, 6) is -1.72. The van der Waals surface area contributed by atoms with Crippen LogP contribution in [0.25, 0.3) is 27.7 Å². The number of benzene rings is 2. The van der Waals surface area contributed by atoms with Crippen molar-refractivity contribution in [2.75, 3.05) is 0 Å². The summed E-state index contributed by atoms with van der Waals surface area (Å²) in [4.78, 5) is 25.2. The third-order valence-corrected chi connectivity index (χ3v) is 7.10. The van der Waals surface area contributed by atoms with Gasteiger partial charge in [-0.1, -0.05) is 40.5 Å². The Balaban J connectivity index is 1.66. The molecule has 6 rings (SSSR count). The maximum atomic E-state index is 16.6. The van der Waals surface area contributed by atoms with E-state index in [1.54, 1.807) is 30.3 Å². The number of allylic oxidation sites excluding steroid dienone is 1. The van der Waals surface area contributed by atoms with Crippen molar-refractivity contribution < 1.29 is 23.6 Å². The second-order valence-corrected chi connectivity index (χ2v) is 9.38. The molecule has 1 aliphatic carbocycles. The second-order valence-electron chi connectivity index (χ2n) is 8.54. The number of rotatable bonds is 2. The third kappa shape index (κ3) is 2.71. The summed E-state index contributed by atoms with van der Waals surface area (Å²) >= 11 is 12.4. The molecule has 34 heavy (non-hydrogen) atoms. The van der Waals surface area contributed by atoms with E-state index in [0.29, 0.717) is 51.0 Å². The molecule has 1 aliphatic heterocycles. The van der Waals surface area contributed by atoms with Crippen LogP contribution in [0.1, 0.15) is 46.3 Å². The van der Waals surface area contributed by atoms with Crippen molar-refractivity contribution in [1.29, 1.82) is 0 Å². The van der Waals surface area contributed by atoms with Gasteiger partial charge in [0.1, 0.15) is 11.3 Å². The molecule has 1 N–H and O–H groups in total. The smallest absolute Gasteiger partial charge is 0.328 e. The number of fused-ring (bicyclic) bond motifs is 4. The highest BCUT2D eigenvalue weighted by Crippen LogP contribution is 2.51. The van der Waals surface area contributed by atoms with Crippen molar-refractivity contribution in [2.24, 2.45) is 0 Å². The summed E-state index contributed by atoms with van der Waals surface area (Å²) in [7, 11) is 0. The van der Waals surface area contributed by atoms with Crippen molar-refractivity contribution in [3.8, 4) is 11.3 Å². The Bertz CT molecular complexity index is 1610. The van der Waals surface area contributed by atoms with Gasteiger partial charge in [-0.2, -0.15) is 0 Å². The fourth-order valence-electron chi connectivity index (χ4n) is 5.22. The lowest BCUT2D eigenvalue weighted by molar-refractivity contribution is -0.131. The average molecular weight is 497 g/mol. The molecule has 0 spiro atoms. The van der Waals surface area contributed by atoms with Gasteiger partial charge in [0.25, 0.3) is 5.91 Å². The van der Waals surface area contributed by atoms with Crippen molar-refractivity contribution in [1.82, 2.24) is 9.72 Å². The molecule has 0 saturated carbocycles. The quantitative estimate of drug-likeness (QED) is 0.331. The lowest BCUT2D eigenvalue weighted by atomic mass is 9.83. The lowest BCUT2D eigenvalue weighted by Gasteiger charge is -2.27. The van der Waals surface area contributed by atoms with E-state index in [9.17, 15) is 14.7 Å². The van der Waals surface area contributed by atoms with Gasteiger partial charge in [-0.15, -0.1) is 0 Å². The molecule has 0 amide bonds. The SMILES string of the molecule is CC1(F)c2onc(-c3ccc(Cl)cc3Cl)c2C(=O)n2c1c1c3c(cccc32)/C(=C/C(=O)O)CC1. The Hall–Kier alpha value is -3.42. The van der Waals surface area contributed by atoms with Crippen LogP contribution >= 0.6 is 23.2 Å². The highest BCUT2D eigenvalue weighted by molar-refractivity contribution is 6.36. The number of aryl methyl sites for hydroxylation is 1. The average Bonchev–Trinajstić information content (AvgIpc) is 3.36. The van der Waals surface area contributed by atoms with Crippen molar-refractivity contribution in [3.05, 3.63) is 80.7 Å². The number of aromatic nitrogens is 2. The number of alkyl halides is 1. The predicted octanol–water partition coefficient (Wildman–Crippen LogP) is 6.25. The Morgan fingerprint density at radius 3 is 2.76 bits per heavy atom. The molecule has 6 nitrogen and oxygen atoms in total. The van der Waals surface area contributed by atoms with Crippen LogP contribution in [0.3, 0.4) is 0 Å².